The van der Waals surface area contributed by atoms with E-state index >= 15 is 0 Å². The number of benzene rings is 2. The molecule has 0 unspecified atom stereocenters. The number of aromatic nitrogens is 2. The molecule has 30 heavy (non-hydrogen) atoms. The van der Waals surface area contributed by atoms with Crippen molar-refractivity contribution in [3.8, 4) is 0 Å². The number of para-hydroxylation sites is 1. The summed E-state index contributed by atoms with van der Waals surface area (Å²) in [6.45, 7) is 5.07. The van der Waals surface area contributed by atoms with Gasteiger partial charge in [0.1, 0.15) is 5.15 Å². The lowest BCUT2D eigenvalue weighted by Gasteiger charge is -2.17. The van der Waals surface area contributed by atoms with Crippen LogP contribution in [0.3, 0.4) is 0 Å². The average molecular weight is 443 g/mol. The Morgan fingerprint density at radius 3 is 2.27 bits per heavy atom. The van der Waals surface area contributed by atoms with Gasteiger partial charge in [0.05, 0.1) is 35.9 Å². The van der Waals surface area contributed by atoms with Crippen molar-refractivity contribution >= 4 is 41.1 Å². The summed E-state index contributed by atoms with van der Waals surface area (Å²) in [6.07, 6.45) is 0.271. The zero-order valence-electron chi connectivity index (χ0n) is 17.0. The van der Waals surface area contributed by atoms with Gasteiger partial charge in [-0.05, 0) is 43.2 Å². The predicted octanol–water partition coefficient (Wildman–Crippen LogP) is 6.66. The molecule has 2 aromatic heterocycles. The van der Waals surface area contributed by atoms with Crippen molar-refractivity contribution in [2.75, 3.05) is 13.2 Å². The molecule has 5 nitrogen and oxygen atoms in total. The van der Waals surface area contributed by atoms with Gasteiger partial charge in [-0.2, -0.15) is 0 Å². The molecule has 0 saturated heterocycles. The Bertz CT molecular complexity index is 1210. The molecule has 156 valence electrons. The Labute approximate surface area is 181 Å². The van der Waals surface area contributed by atoms with Gasteiger partial charge in [-0.25, -0.2) is 4.98 Å². The summed E-state index contributed by atoms with van der Waals surface area (Å²) in [7, 11) is -3.11. The molecule has 0 spiro atoms. The Balaban J connectivity index is 1.64. The van der Waals surface area contributed by atoms with Crippen molar-refractivity contribution in [3.63, 3.8) is 0 Å². The Morgan fingerprint density at radius 1 is 0.900 bits per heavy atom. The van der Waals surface area contributed by atoms with Crippen molar-refractivity contribution in [2.24, 2.45) is 0 Å². The second-order valence-corrected chi connectivity index (χ2v) is 9.47. The van der Waals surface area contributed by atoms with E-state index in [1.807, 2.05) is 50.2 Å². The first-order valence-corrected chi connectivity index (χ1v) is 12.1. The van der Waals surface area contributed by atoms with Gasteiger partial charge in [0.15, 0.2) is 0 Å². The van der Waals surface area contributed by atoms with E-state index in [0.29, 0.717) is 24.9 Å². The maximum absolute atomic E-state index is 12.8. The second kappa shape index (κ2) is 8.91. The summed E-state index contributed by atoms with van der Waals surface area (Å²) in [6, 6.07) is 20.1. The summed E-state index contributed by atoms with van der Waals surface area (Å²) in [5.74, 6) is 0. The largest absolute Gasteiger partial charge is 0.335 e. The Morgan fingerprint density at radius 2 is 1.57 bits per heavy atom. The van der Waals surface area contributed by atoms with Crippen LogP contribution in [0.15, 0.2) is 60.7 Å². The molecular formula is C23H24ClN2O3P. The summed E-state index contributed by atoms with van der Waals surface area (Å²) in [4.78, 5) is 4.54. The quantitative estimate of drug-likeness (QED) is 0.226. The minimum atomic E-state index is -3.11. The van der Waals surface area contributed by atoms with Crippen LogP contribution in [-0.2, 0) is 26.3 Å². The molecule has 0 N–H and O–H groups in total. The molecule has 4 aromatic rings. The third kappa shape index (κ3) is 4.30. The molecule has 7 heteroatoms. The molecule has 0 saturated carbocycles. The fraction of sp³-hybridized carbons (Fsp3) is 0.261. The van der Waals surface area contributed by atoms with E-state index in [0.717, 1.165) is 33.1 Å². The van der Waals surface area contributed by atoms with Crippen LogP contribution < -0.4 is 0 Å². The smallest absolute Gasteiger partial charge is 0.335 e. The van der Waals surface area contributed by atoms with Gasteiger partial charge in [-0.3, -0.25) is 4.57 Å². The molecule has 0 amide bonds. The van der Waals surface area contributed by atoms with E-state index in [1.165, 1.54) is 0 Å². The van der Waals surface area contributed by atoms with Crippen LogP contribution in [0.4, 0.5) is 0 Å². The molecular weight excluding hydrogens is 419 g/mol. The van der Waals surface area contributed by atoms with Crippen molar-refractivity contribution < 1.29 is 13.6 Å². The zero-order valence-corrected chi connectivity index (χ0v) is 18.7. The number of pyridine rings is 1. The topological polar surface area (TPSA) is 53.4 Å². The van der Waals surface area contributed by atoms with Crippen LogP contribution in [-0.4, -0.2) is 22.8 Å². The van der Waals surface area contributed by atoms with Gasteiger partial charge < -0.3 is 13.6 Å². The Kier molecular flexibility index (Phi) is 6.26. The standard InChI is InChI=1S/C23H24ClN2O3P/c1-3-28-30(27,29-4-2)16-18-11-9-17(10-12-18)15-26-20-8-6-5-7-19(20)23-21(26)13-14-22(24)25-23/h5-14H,3-4,15-16H2,1-2H3. The van der Waals surface area contributed by atoms with E-state index in [1.54, 1.807) is 0 Å². The van der Waals surface area contributed by atoms with Gasteiger partial charge in [0.25, 0.3) is 0 Å². The lowest BCUT2D eigenvalue weighted by atomic mass is 10.1. The normalized spacial score (nSPS) is 12.1. The van der Waals surface area contributed by atoms with Crippen molar-refractivity contribution in [1.29, 1.82) is 0 Å². The van der Waals surface area contributed by atoms with Gasteiger partial charge in [-0.1, -0.05) is 54.1 Å². The lowest BCUT2D eigenvalue weighted by Crippen LogP contribution is -2.01. The minimum Gasteiger partial charge on any atom is -0.335 e. The third-order valence-corrected chi connectivity index (χ3v) is 7.24. The van der Waals surface area contributed by atoms with E-state index in [2.05, 4.69) is 33.8 Å². The fourth-order valence-corrected chi connectivity index (χ4v) is 5.58. The highest BCUT2D eigenvalue weighted by atomic mass is 35.5. The monoisotopic (exact) mass is 442 g/mol. The predicted molar refractivity (Wildman–Crippen MR) is 122 cm³/mol. The van der Waals surface area contributed by atoms with Crippen LogP contribution >= 0.6 is 19.2 Å². The van der Waals surface area contributed by atoms with Gasteiger partial charge in [0.2, 0.25) is 0 Å². The summed E-state index contributed by atoms with van der Waals surface area (Å²) < 4.78 is 25.8. The highest BCUT2D eigenvalue weighted by Crippen LogP contribution is 2.51. The molecule has 0 bridgehead atoms. The minimum absolute atomic E-state index is 0.271. The van der Waals surface area contributed by atoms with Crippen LogP contribution in [0.25, 0.3) is 21.9 Å². The van der Waals surface area contributed by atoms with Crippen molar-refractivity contribution in [1.82, 2.24) is 9.55 Å². The van der Waals surface area contributed by atoms with Crippen LogP contribution in [0.5, 0.6) is 0 Å². The maximum atomic E-state index is 12.8. The molecule has 0 aliphatic carbocycles. The van der Waals surface area contributed by atoms with Gasteiger partial charge in [0, 0.05) is 11.9 Å². The summed E-state index contributed by atoms with van der Waals surface area (Å²) in [5.41, 5.74) is 5.13. The number of hydrogen-bond donors (Lipinski definition) is 0. The molecule has 0 atom stereocenters. The van der Waals surface area contributed by atoms with E-state index in [-0.39, 0.29) is 6.16 Å². The first-order valence-electron chi connectivity index (χ1n) is 10.0. The zero-order chi connectivity index (χ0) is 21.1. The molecule has 0 aliphatic rings. The first-order chi connectivity index (χ1) is 14.5. The van der Waals surface area contributed by atoms with Gasteiger partial charge >= 0.3 is 7.60 Å². The molecule has 0 aliphatic heterocycles. The number of halogens is 1. The summed E-state index contributed by atoms with van der Waals surface area (Å²) >= 11 is 6.14. The van der Waals surface area contributed by atoms with Crippen molar-refractivity contribution in [2.45, 2.75) is 26.6 Å². The van der Waals surface area contributed by atoms with Crippen LogP contribution in [0.2, 0.25) is 5.15 Å². The number of hydrogen-bond acceptors (Lipinski definition) is 4. The molecule has 2 heterocycles. The lowest BCUT2D eigenvalue weighted by molar-refractivity contribution is 0.219. The molecule has 4 rings (SSSR count). The number of fused-ring (bicyclic) bond motifs is 3. The maximum Gasteiger partial charge on any atom is 0.335 e. The highest BCUT2D eigenvalue weighted by Gasteiger charge is 2.24. The first kappa shape index (κ1) is 21.1. The molecule has 0 fully saturated rings. The number of nitrogens with zero attached hydrogens (tertiary/aromatic N) is 2. The van der Waals surface area contributed by atoms with Crippen molar-refractivity contribution in [3.05, 3.63) is 76.9 Å². The average Bonchev–Trinajstić information content (AvgIpc) is 3.03. The van der Waals surface area contributed by atoms with Crippen LogP contribution in [0, 0.1) is 0 Å². The SMILES string of the molecule is CCOP(=O)(Cc1ccc(Cn2c3ccccc3c3nc(Cl)ccc32)cc1)OCC. The van der Waals surface area contributed by atoms with E-state index < -0.39 is 7.60 Å². The van der Waals surface area contributed by atoms with E-state index in [9.17, 15) is 4.57 Å². The van der Waals surface area contributed by atoms with Crippen LogP contribution in [0.1, 0.15) is 25.0 Å². The third-order valence-electron chi connectivity index (χ3n) is 4.97. The molecule has 0 radical (unpaired) electrons. The molecule has 2 aromatic carbocycles. The summed E-state index contributed by atoms with van der Waals surface area (Å²) in [5, 5.41) is 1.57. The highest BCUT2D eigenvalue weighted by molar-refractivity contribution is 7.53. The van der Waals surface area contributed by atoms with E-state index in [4.69, 9.17) is 20.6 Å². The second-order valence-electron chi connectivity index (χ2n) is 7.03. The fourth-order valence-electron chi connectivity index (χ4n) is 3.73. The number of rotatable bonds is 8. The Hall–Kier alpha value is -2.17. The van der Waals surface area contributed by atoms with Gasteiger partial charge in [-0.15, -0.1) is 0 Å².